The highest BCUT2D eigenvalue weighted by Crippen LogP contribution is 2.24. The van der Waals surface area contributed by atoms with Gasteiger partial charge in [-0.1, -0.05) is 36.8 Å². The molecule has 1 fully saturated rings. The molecule has 176 valence electrons. The number of rotatable bonds is 7. The molecule has 2 N–H and O–H groups in total. The number of halogens is 1. The fourth-order valence-corrected chi connectivity index (χ4v) is 4.08. The zero-order valence-electron chi connectivity index (χ0n) is 19.4. The van der Waals surface area contributed by atoms with Crippen molar-refractivity contribution >= 4 is 17.7 Å². The minimum Gasteiger partial charge on any atom is -0.352 e. The third-order valence-corrected chi connectivity index (χ3v) is 6.25. The minimum atomic E-state index is -0.710. The molecule has 3 amide bonds. The third kappa shape index (κ3) is 6.18. The Morgan fingerprint density at radius 1 is 1.06 bits per heavy atom. The van der Waals surface area contributed by atoms with Gasteiger partial charge in [-0.15, -0.1) is 0 Å². The summed E-state index contributed by atoms with van der Waals surface area (Å²) >= 11 is 0. The van der Waals surface area contributed by atoms with E-state index in [4.69, 9.17) is 0 Å². The van der Waals surface area contributed by atoms with Crippen LogP contribution in [-0.2, 0) is 4.79 Å². The number of aryl methyl sites for hydroxylation is 1. The normalized spacial score (nSPS) is 16.1. The lowest BCUT2D eigenvalue weighted by Crippen LogP contribution is -2.55. The Morgan fingerprint density at radius 3 is 2.39 bits per heavy atom. The van der Waals surface area contributed by atoms with E-state index in [2.05, 4.69) is 10.6 Å². The van der Waals surface area contributed by atoms with Crippen molar-refractivity contribution in [2.45, 2.75) is 52.1 Å². The van der Waals surface area contributed by atoms with Crippen molar-refractivity contribution < 1.29 is 18.8 Å². The minimum absolute atomic E-state index is 0.0152. The Kier molecular flexibility index (Phi) is 8.20. The van der Waals surface area contributed by atoms with Crippen LogP contribution in [0.3, 0.4) is 0 Å². The van der Waals surface area contributed by atoms with Crippen molar-refractivity contribution in [2.75, 3.05) is 13.1 Å². The van der Waals surface area contributed by atoms with E-state index in [-0.39, 0.29) is 35.2 Å². The van der Waals surface area contributed by atoms with Crippen LogP contribution in [0.15, 0.2) is 48.5 Å². The zero-order chi connectivity index (χ0) is 24.0. The van der Waals surface area contributed by atoms with Crippen molar-refractivity contribution in [3.63, 3.8) is 0 Å². The zero-order valence-corrected chi connectivity index (χ0v) is 19.4. The van der Waals surface area contributed by atoms with Crippen molar-refractivity contribution in [1.82, 2.24) is 15.5 Å². The van der Waals surface area contributed by atoms with Crippen molar-refractivity contribution in [3.8, 4) is 0 Å². The first-order valence-corrected chi connectivity index (χ1v) is 11.5. The Bertz CT molecular complexity index is 1000. The summed E-state index contributed by atoms with van der Waals surface area (Å²) < 4.78 is 14.0. The SMILES string of the molecule is CC[C@H](C)NC(=O)[C@@H](NC(=O)c1cccc(C)c1)C1CCN(C(=O)c2ccccc2F)CC1. The number of piperidine rings is 1. The number of hydrogen-bond acceptors (Lipinski definition) is 3. The number of benzene rings is 2. The summed E-state index contributed by atoms with van der Waals surface area (Å²) in [6, 6.07) is 12.4. The molecule has 33 heavy (non-hydrogen) atoms. The second-order valence-electron chi connectivity index (χ2n) is 8.75. The molecule has 2 atom stereocenters. The van der Waals surface area contributed by atoms with Crippen LogP contribution in [0.2, 0.25) is 0 Å². The van der Waals surface area contributed by atoms with E-state index in [0.717, 1.165) is 12.0 Å². The smallest absolute Gasteiger partial charge is 0.256 e. The average molecular weight is 454 g/mol. The number of hydrogen-bond donors (Lipinski definition) is 2. The molecule has 0 unspecified atom stereocenters. The van der Waals surface area contributed by atoms with E-state index in [9.17, 15) is 18.8 Å². The first-order valence-electron chi connectivity index (χ1n) is 11.5. The lowest BCUT2D eigenvalue weighted by atomic mass is 9.88. The summed E-state index contributed by atoms with van der Waals surface area (Å²) in [5.74, 6) is -1.54. The first-order chi connectivity index (χ1) is 15.8. The third-order valence-electron chi connectivity index (χ3n) is 6.25. The Balaban J connectivity index is 1.71. The maximum absolute atomic E-state index is 14.0. The van der Waals surface area contributed by atoms with Crippen LogP contribution in [0.25, 0.3) is 0 Å². The molecule has 0 aliphatic carbocycles. The van der Waals surface area contributed by atoms with E-state index in [1.54, 1.807) is 29.2 Å². The Morgan fingerprint density at radius 2 is 1.76 bits per heavy atom. The molecular formula is C26H32FN3O3. The molecule has 1 aliphatic heterocycles. The van der Waals surface area contributed by atoms with Crippen LogP contribution in [0, 0.1) is 18.7 Å². The van der Waals surface area contributed by atoms with Crippen LogP contribution in [-0.4, -0.2) is 47.8 Å². The fraction of sp³-hybridized carbons (Fsp3) is 0.423. The maximum Gasteiger partial charge on any atom is 0.256 e. The summed E-state index contributed by atoms with van der Waals surface area (Å²) in [4.78, 5) is 40.3. The van der Waals surface area contributed by atoms with Gasteiger partial charge in [-0.25, -0.2) is 4.39 Å². The Hall–Kier alpha value is -3.22. The molecule has 7 heteroatoms. The van der Waals surface area contributed by atoms with Gasteiger partial charge in [-0.2, -0.15) is 0 Å². The van der Waals surface area contributed by atoms with Crippen molar-refractivity contribution in [1.29, 1.82) is 0 Å². The molecule has 0 spiro atoms. The summed E-state index contributed by atoms with van der Waals surface area (Å²) in [5, 5.41) is 5.91. The molecular weight excluding hydrogens is 421 g/mol. The highest BCUT2D eigenvalue weighted by atomic mass is 19.1. The molecule has 6 nitrogen and oxygen atoms in total. The highest BCUT2D eigenvalue weighted by molar-refractivity contribution is 5.98. The van der Waals surface area contributed by atoms with Gasteiger partial charge in [0.25, 0.3) is 11.8 Å². The average Bonchev–Trinajstić information content (AvgIpc) is 2.82. The van der Waals surface area contributed by atoms with Gasteiger partial charge >= 0.3 is 0 Å². The molecule has 0 saturated carbocycles. The van der Waals surface area contributed by atoms with Gasteiger partial charge in [0, 0.05) is 24.7 Å². The van der Waals surface area contributed by atoms with Gasteiger partial charge < -0.3 is 15.5 Å². The van der Waals surface area contributed by atoms with E-state index in [0.29, 0.717) is 31.5 Å². The lowest BCUT2D eigenvalue weighted by Gasteiger charge is -2.36. The summed E-state index contributed by atoms with van der Waals surface area (Å²) in [7, 11) is 0. The highest BCUT2D eigenvalue weighted by Gasteiger charge is 2.35. The van der Waals surface area contributed by atoms with Gasteiger partial charge in [-0.05, 0) is 63.3 Å². The maximum atomic E-state index is 14.0. The predicted octanol–water partition coefficient (Wildman–Crippen LogP) is 3.70. The Labute approximate surface area is 194 Å². The standard InChI is InChI=1S/C26H32FN3O3/c1-4-18(3)28-25(32)23(29-24(31)20-9-7-8-17(2)16-20)19-12-14-30(15-13-19)26(33)21-10-5-6-11-22(21)27/h5-11,16,18-19,23H,4,12-15H2,1-3H3,(H,28,32)(H,29,31)/t18-,23-/m0/s1. The summed E-state index contributed by atoms with van der Waals surface area (Å²) in [6.45, 7) is 6.60. The first kappa shape index (κ1) is 24.4. The second kappa shape index (κ2) is 11.1. The molecule has 1 heterocycles. The van der Waals surface area contributed by atoms with Gasteiger partial charge in [0.2, 0.25) is 5.91 Å². The molecule has 3 rings (SSSR count). The van der Waals surface area contributed by atoms with Crippen LogP contribution in [0.4, 0.5) is 4.39 Å². The lowest BCUT2D eigenvalue weighted by molar-refractivity contribution is -0.125. The molecule has 1 saturated heterocycles. The molecule has 2 aromatic carbocycles. The van der Waals surface area contributed by atoms with Gasteiger partial charge in [-0.3, -0.25) is 14.4 Å². The molecule has 0 aromatic heterocycles. The van der Waals surface area contributed by atoms with Crippen LogP contribution >= 0.6 is 0 Å². The molecule has 0 radical (unpaired) electrons. The number of likely N-dealkylation sites (tertiary alicyclic amines) is 1. The van der Waals surface area contributed by atoms with Crippen molar-refractivity contribution in [3.05, 3.63) is 71.0 Å². The molecule has 2 aromatic rings. The number of carbonyl (C=O) groups excluding carboxylic acids is 3. The topological polar surface area (TPSA) is 78.5 Å². The van der Waals surface area contributed by atoms with Crippen LogP contribution < -0.4 is 10.6 Å². The van der Waals surface area contributed by atoms with Gasteiger partial charge in [0.05, 0.1) is 5.56 Å². The molecule has 1 aliphatic rings. The second-order valence-corrected chi connectivity index (χ2v) is 8.75. The number of nitrogens with zero attached hydrogens (tertiary/aromatic N) is 1. The largest absolute Gasteiger partial charge is 0.352 e. The summed E-state index contributed by atoms with van der Waals surface area (Å²) in [6.07, 6.45) is 1.85. The fourth-order valence-electron chi connectivity index (χ4n) is 4.08. The quantitative estimate of drug-likeness (QED) is 0.671. The van der Waals surface area contributed by atoms with E-state index in [1.165, 1.54) is 12.1 Å². The van der Waals surface area contributed by atoms with E-state index >= 15 is 0 Å². The van der Waals surface area contributed by atoms with Crippen LogP contribution in [0.1, 0.15) is 59.4 Å². The number of amides is 3. The van der Waals surface area contributed by atoms with Gasteiger partial charge in [0.1, 0.15) is 11.9 Å². The van der Waals surface area contributed by atoms with Crippen LogP contribution in [0.5, 0.6) is 0 Å². The summed E-state index contributed by atoms with van der Waals surface area (Å²) in [5.41, 5.74) is 1.52. The predicted molar refractivity (Wildman–Crippen MR) is 125 cm³/mol. The van der Waals surface area contributed by atoms with E-state index in [1.807, 2.05) is 32.9 Å². The number of nitrogens with one attached hydrogen (secondary N) is 2. The monoisotopic (exact) mass is 453 g/mol. The number of carbonyl (C=O) groups is 3. The van der Waals surface area contributed by atoms with Gasteiger partial charge in [0.15, 0.2) is 0 Å². The molecule has 0 bridgehead atoms. The van der Waals surface area contributed by atoms with Crippen molar-refractivity contribution in [2.24, 2.45) is 5.92 Å². The van der Waals surface area contributed by atoms with E-state index < -0.39 is 11.9 Å².